The highest BCUT2D eigenvalue weighted by Crippen LogP contribution is 2.38. The molecular formula is C16H22N2O3. The van der Waals surface area contributed by atoms with Gasteiger partial charge >= 0.3 is 5.97 Å². The van der Waals surface area contributed by atoms with E-state index in [-0.39, 0.29) is 6.04 Å². The third-order valence-electron chi connectivity index (χ3n) is 4.83. The lowest BCUT2D eigenvalue weighted by Gasteiger charge is -2.34. The number of aliphatic carboxylic acids is 1. The first kappa shape index (κ1) is 14.4. The molecule has 3 rings (SSSR count). The summed E-state index contributed by atoms with van der Waals surface area (Å²) in [6.45, 7) is 1.18. The number of rotatable bonds is 3. The molecule has 3 N–H and O–H groups in total. The van der Waals surface area contributed by atoms with Crippen molar-refractivity contribution in [3.05, 3.63) is 29.3 Å². The molecule has 0 aromatic heterocycles. The van der Waals surface area contributed by atoms with Crippen LogP contribution in [0.3, 0.4) is 0 Å². The lowest BCUT2D eigenvalue weighted by atomic mass is 9.86. The Balaban J connectivity index is 1.85. The first-order chi connectivity index (χ1) is 10.0. The predicted octanol–water partition coefficient (Wildman–Crippen LogP) is 1.56. The number of carbonyl (C=O) groups is 1. The van der Waals surface area contributed by atoms with E-state index >= 15 is 0 Å². The van der Waals surface area contributed by atoms with Crippen molar-refractivity contribution in [3.63, 3.8) is 0 Å². The van der Waals surface area contributed by atoms with Crippen molar-refractivity contribution in [1.82, 2.24) is 4.90 Å². The van der Waals surface area contributed by atoms with Gasteiger partial charge in [-0.05, 0) is 48.9 Å². The molecule has 0 radical (unpaired) electrons. The van der Waals surface area contributed by atoms with Crippen molar-refractivity contribution in [2.24, 2.45) is 5.73 Å². The van der Waals surface area contributed by atoms with Crippen LogP contribution in [0.4, 0.5) is 0 Å². The highest BCUT2D eigenvalue weighted by atomic mass is 16.5. The molecular weight excluding hydrogens is 268 g/mol. The number of benzene rings is 1. The average Bonchev–Trinajstić information content (AvgIpc) is 2.90. The standard InChI is InChI=1S/C16H22N2O3/c1-21-12-5-6-13-11(9-12)3-2-4-14(13)18-8-7-16(17,10-18)15(19)20/h5-6,9,14H,2-4,7-8,10,17H2,1H3,(H,19,20). The molecule has 1 aliphatic heterocycles. The fourth-order valence-corrected chi connectivity index (χ4v) is 3.58. The zero-order chi connectivity index (χ0) is 15.0. The predicted molar refractivity (Wildman–Crippen MR) is 79.4 cm³/mol. The molecule has 1 aliphatic carbocycles. The van der Waals surface area contributed by atoms with Gasteiger partial charge in [0.15, 0.2) is 0 Å². The van der Waals surface area contributed by atoms with Gasteiger partial charge in [-0.3, -0.25) is 9.69 Å². The number of fused-ring (bicyclic) bond motifs is 1. The molecule has 114 valence electrons. The van der Waals surface area contributed by atoms with E-state index in [1.807, 2.05) is 6.07 Å². The van der Waals surface area contributed by atoms with Gasteiger partial charge in [0.05, 0.1) is 7.11 Å². The molecule has 1 heterocycles. The van der Waals surface area contributed by atoms with Crippen LogP contribution in [-0.2, 0) is 11.2 Å². The Hall–Kier alpha value is -1.59. The van der Waals surface area contributed by atoms with Crippen LogP contribution in [0, 0.1) is 0 Å². The van der Waals surface area contributed by atoms with Gasteiger partial charge < -0.3 is 15.6 Å². The summed E-state index contributed by atoms with van der Waals surface area (Å²) in [5.74, 6) is -0.00899. The van der Waals surface area contributed by atoms with E-state index in [2.05, 4.69) is 17.0 Å². The zero-order valence-electron chi connectivity index (χ0n) is 12.3. The van der Waals surface area contributed by atoms with Crippen molar-refractivity contribution in [2.45, 2.75) is 37.3 Å². The number of hydrogen-bond acceptors (Lipinski definition) is 4. The summed E-state index contributed by atoms with van der Waals surface area (Å²) < 4.78 is 5.29. The quantitative estimate of drug-likeness (QED) is 0.883. The Morgan fingerprint density at radius 1 is 1.52 bits per heavy atom. The van der Waals surface area contributed by atoms with E-state index in [0.29, 0.717) is 13.0 Å². The minimum atomic E-state index is -1.09. The van der Waals surface area contributed by atoms with Gasteiger partial charge in [0.1, 0.15) is 11.3 Å². The second-order valence-electron chi connectivity index (χ2n) is 6.15. The maximum atomic E-state index is 11.3. The molecule has 0 saturated carbocycles. The summed E-state index contributed by atoms with van der Waals surface area (Å²) >= 11 is 0. The number of hydrogen-bond donors (Lipinski definition) is 2. The van der Waals surface area contributed by atoms with E-state index in [0.717, 1.165) is 31.6 Å². The fourth-order valence-electron chi connectivity index (χ4n) is 3.58. The summed E-state index contributed by atoms with van der Waals surface area (Å²) in [5, 5.41) is 9.28. The van der Waals surface area contributed by atoms with Gasteiger partial charge in [0.2, 0.25) is 0 Å². The Morgan fingerprint density at radius 2 is 2.33 bits per heavy atom. The Labute approximate surface area is 124 Å². The Morgan fingerprint density at radius 3 is 3.00 bits per heavy atom. The molecule has 5 heteroatoms. The van der Waals surface area contributed by atoms with Crippen molar-refractivity contribution in [1.29, 1.82) is 0 Å². The molecule has 0 spiro atoms. The van der Waals surface area contributed by atoms with Crippen molar-refractivity contribution < 1.29 is 14.6 Å². The normalized spacial score (nSPS) is 29.1. The molecule has 2 atom stereocenters. The summed E-state index contributed by atoms with van der Waals surface area (Å²) in [6, 6.07) is 6.49. The van der Waals surface area contributed by atoms with E-state index < -0.39 is 11.5 Å². The van der Waals surface area contributed by atoms with Crippen LogP contribution in [0.5, 0.6) is 5.75 Å². The molecule has 2 aliphatic rings. The smallest absolute Gasteiger partial charge is 0.325 e. The third-order valence-corrected chi connectivity index (χ3v) is 4.83. The van der Waals surface area contributed by atoms with E-state index in [1.54, 1.807) is 7.11 Å². The first-order valence-corrected chi connectivity index (χ1v) is 7.47. The summed E-state index contributed by atoms with van der Waals surface area (Å²) in [5.41, 5.74) is 7.53. The molecule has 0 bridgehead atoms. The van der Waals surface area contributed by atoms with Gasteiger partial charge in [-0.25, -0.2) is 0 Å². The van der Waals surface area contributed by atoms with Gasteiger partial charge in [0, 0.05) is 19.1 Å². The second kappa shape index (κ2) is 5.31. The number of carboxylic acid groups (broad SMARTS) is 1. The number of nitrogens with two attached hydrogens (primary N) is 1. The van der Waals surface area contributed by atoms with Crippen molar-refractivity contribution in [2.75, 3.05) is 20.2 Å². The summed E-state index contributed by atoms with van der Waals surface area (Å²) in [7, 11) is 1.68. The van der Waals surface area contributed by atoms with Crippen LogP contribution in [0.1, 0.15) is 36.4 Å². The Bertz CT molecular complexity index is 560. The number of nitrogens with zero attached hydrogens (tertiary/aromatic N) is 1. The van der Waals surface area contributed by atoms with Crippen LogP contribution in [0.15, 0.2) is 18.2 Å². The lowest BCUT2D eigenvalue weighted by Crippen LogP contribution is -2.50. The zero-order valence-corrected chi connectivity index (χ0v) is 12.3. The van der Waals surface area contributed by atoms with Gasteiger partial charge in [0.25, 0.3) is 0 Å². The first-order valence-electron chi connectivity index (χ1n) is 7.47. The molecule has 1 aromatic rings. The van der Waals surface area contributed by atoms with E-state index in [1.165, 1.54) is 11.1 Å². The van der Waals surface area contributed by atoms with Crippen LogP contribution < -0.4 is 10.5 Å². The number of aryl methyl sites for hydroxylation is 1. The van der Waals surface area contributed by atoms with E-state index in [4.69, 9.17) is 10.5 Å². The molecule has 5 nitrogen and oxygen atoms in total. The highest BCUT2D eigenvalue weighted by molar-refractivity contribution is 5.79. The highest BCUT2D eigenvalue weighted by Gasteiger charge is 2.44. The number of methoxy groups -OCH3 is 1. The molecule has 2 unspecified atom stereocenters. The monoisotopic (exact) mass is 290 g/mol. The van der Waals surface area contributed by atoms with Crippen LogP contribution in [0.2, 0.25) is 0 Å². The maximum Gasteiger partial charge on any atom is 0.325 e. The molecule has 1 fully saturated rings. The number of likely N-dealkylation sites (tertiary alicyclic amines) is 1. The molecule has 1 saturated heterocycles. The maximum absolute atomic E-state index is 11.3. The number of carboxylic acids is 1. The average molecular weight is 290 g/mol. The minimum absolute atomic E-state index is 0.282. The molecule has 0 amide bonds. The van der Waals surface area contributed by atoms with Crippen LogP contribution >= 0.6 is 0 Å². The SMILES string of the molecule is COc1ccc2c(c1)CCCC2N1CCC(N)(C(=O)O)C1. The van der Waals surface area contributed by atoms with Gasteiger partial charge in [-0.2, -0.15) is 0 Å². The summed E-state index contributed by atoms with van der Waals surface area (Å²) in [6.07, 6.45) is 3.76. The molecule has 1 aromatic carbocycles. The fraction of sp³-hybridized carbons (Fsp3) is 0.562. The number of ether oxygens (including phenoxy) is 1. The topological polar surface area (TPSA) is 75.8 Å². The second-order valence-corrected chi connectivity index (χ2v) is 6.15. The van der Waals surface area contributed by atoms with Crippen LogP contribution in [0.25, 0.3) is 0 Å². The molecule has 21 heavy (non-hydrogen) atoms. The van der Waals surface area contributed by atoms with Crippen molar-refractivity contribution >= 4 is 5.97 Å². The van der Waals surface area contributed by atoms with Gasteiger partial charge in [-0.1, -0.05) is 6.07 Å². The van der Waals surface area contributed by atoms with Crippen molar-refractivity contribution in [3.8, 4) is 5.75 Å². The minimum Gasteiger partial charge on any atom is -0.497 e. The lowest BCUT2D eigenvalue weighted by molar-refractivity contribution is -0.142. The Kier molecular flexibility index (Phi) is 3.63. The third kappa shape index (κ3) is 2.51. The van der Waals surface area contributed by atoms with Gasteiger partial charge in [-0.15, -0.1) is 0 Å². The largest absolute Gasteiger partial charge is 0.497 e. The summed E-state index contributed by atoms with van der Waals surface area (Å²) in [4.78, 5) is 13.5. The van der Waals surface area contributed by atoms with E-state index in [9.17, 15) is 9.90 Å². The van der Waals surface area contributed by atoms with Crippen LogP contribution in [-0.4, -0.2) is 41.7 Å².